The molecule has 0 aromatic rings. The van der Waals surface area contributed by atoms with Gasteiger partial charge in [-0.3, -0.25) is 0 Å². The average molecular weight is 198 g/mol. The molecule has 1 fully saturated rings. The monoisotopic (exact) mass is 198 g/mol. The zero-order chi connectivity index (χ0) is 10.6. The molecule has 1 aliphatic rings. The summed E-state index contributed by atoms with van der Waals surface area (Å²) in [5, 5.41) is 3.45. The van der Waals surface area contributed by atoms with E-state index < -0.39 is 0 Å². The van der Waals surface area contributed by atoms with Crippen LogP contribution in [0.15, 0.2) is 0 Å². The smallest absolute Gasteiger partial charge is 0.0104 e. The van der Waals surface area contributed by atoms with E-state index >= 15 is 0 Å². The summed E-state index contributed by atoms with van der Waals surface area (Å²) in [4.78, 5) is 2.51. The van der Waals surface area contributed by atoms with E-state index in [1.54, 1.807) is 0 Å². The number of hydrogen-bond acceptors (Lipinski definition) is 2. The second kappa shape index (κ2) is 5.72. The Bertz CT molecular complexity index is 158. The van der Waals surface area contributed by atoms with Crippen molar-refractivity contribution < 1.29 is 0 Å². The van der Waals surface area contributed by atoms with E-state index in [0.29, 0.717) is 0 Å². The van der Waals surface area contributed by atoms with Crippen LogP contribution in [0.25, 0.3) is 0 Å². The molecule has 14 heavy (non-hydrogen) atoms. The van der Waals surface area contributed by atoms with Gasteiger partial charge in [-0.05, 0) is 46.2 Å². The number of nitrogens with one attached hydrogen (secondary N) is 1. The van der Waals surface area contributed by atoms with Gasteiger partial charge < -0.3 is 10.2 Å². The first-order valence-electron chi connectivity index (χ1n) is 6.06. The predicted molar refractivity (Wildman–Crippen MR) is 62.6 cm³/mol. The molecule has 0 aliphatic heterocycles. The highest BCUT2D eigenvalue weighted by Gasteiger charge is 2.27. The van der Waals surface area contributed by atoms with E-state index in [1.807, 2.05) is 0 Å². The Balaban J connectivity index is 2.35. The van der Waals surface area contributed by atoms with Crippen molar-refractivity contribution in [2.24, 2.45) is 5.92 Å². The SMILES string of the molecule is CCC(C)N(C)CC1CCCC1NC. The molecule has 0 saturated heterocycles. The standard InChI is InChI=1S/C12H26N2/c1-5-10(2)14(4)9-11-7-6-8-12(11)13-3/h10-13H,5-9H2,1-4H3. The molecule has 0 bridgehead atoms. The van der Waals surface area contributed by atoms with Crippen LogP contribution in [0.2, 0.25) is 0 Å². The molecular weight excluding hydrogens is 172 g/mol. The topological polar surface area (TPSA) is 15.3 Å². The van der Waals surface area contributed by atoms with Gasteiger partial charge in [-0.25, -0.2) is 0 Å². The number of rotatable bonds is 5. The fraction of sp³-hybridized carbons (Fsp3) is 1.00. The quantitative estimate of drug-likeness (QED) is 0.728. The van der Waals surface area contributed by atoms with Gasteiger partial charge in [0.15, 0.2) is 0 Å². The fourth-order valence-corrected chi connectivity index (χ4v) is 2.50. The Morgan fingerprint density at radius 1 is 1.43 bits per heavy atom. The summed E-state index contributed by atoms with van der Waals surface area (Å²) >= 11 is 0. The van der Waals surface area contributed by atoms with Crippen LogP contribution in [0.3, 0.4) is 0 Å². The first-order valence-corrected chi connectivity index (χ1v) is 6.06. The Kier molecular flexibility index (Phi) is 4.90. The minimum Gasteiger partial charge on any atom is -0.317 e. The Hall–Kier alpha value is -0.0800. The van der Waals surface area contributed by atoms with Crippen LogP contribution in [0.1, 0.15) is 39.5 Å². The molecular formula is C12H26N2. The number of hydrogen-bond donors (Lipinski definition) is 1. The normalized spacial score (nSPS) is 29.8. The van der Waals surface area contributed by atoms with Gasteiger partial charge in [0.05, 0.1) is 0 Å². The van der Waals surface area contributed by atoms with Crippen molar-refractivity contribution in [3.8, 4) is 0 Å². The molecule has 1 N–H and O–H groups in total. The van der Waals surface area contributed by atoms with E-state index in [1.165, 1.54) is 32.2 Å². The van der Waals surface area contributed by atoms with Gasteiger partial charge in [0.1, 0.15) is 0 Å². The lowest BCUT2D eigenvalue weighted by Gasteiger charge is -2.29. The summed E-state index contributed by atoms with van der Waals surface area (Å²) in [5.41, 5.74) is 0. The lowest BCUT2D eigenvalue weighted by atomic mass is 10.0. The maximum absolute atomic E-state index is 3.45. The molecule has 2 heteroatoms. The summed E-state index contributed by atoms with van der Waals surface area (Å²) in [6.45, 7) is 5.86. The molecule has 0 aromatic heterocycles. The molecule has 84 valence electrons. The van der Waals surface area contributed by atoms with Gasteiger partial charge in [0, 0.05) is 18.6 Å². The van der Waals surface area contributed by atoms with Gasteiger partial charge in [-0.1, -0.05) is 13.3 Å². The van der Waals surface area contributed by atoms with Crippen molar-refractivity contribution in [1.29, 1.82) is 0 Å². The van der Waals surface area contributed by atoms with Crippen LogP contribution >= 0.6 is 0 Å². The summed E-state index contributed by atoms with van der Waals surface area (Å²) in [7, 11) is 4.37. The van der Waals surface area contributed by atoms with Crippen LogP contribution in [-0.2, 0) is 0 Å². The summed E-state index contributed by atoms with van der Waals surface area (Å²) in [5.74, 6) is 0.874. The summed E-state index contributed by atoms with van der Waals surface area (Å²) < 4.78 is 0. The third-order valence-electron chi connectivity index (χ3n) is 3.90. The van der Waals surface area contributed by atoms with Gasteiger partial charge >= 0.3 is 0 Å². The highest BCUT2D eigenvalue weighted by Crippen LogP contribution is 2.26. The highest BCUT2D eigenvalue weighted by molar-refractivity contribution is 4.84. The van der Waals surface area contributed by atoms with Crippen molar-refractivity contribution in [2.45, 2.75) is 51.6 Å². The van der Waals surface area contributed by atoms with Crippen LogP contribution in [-0.4, -0.2) is 37.6 Å². The Labute approximate surface area is 89.1 Å². The molecule has 3 unspecified atom stereocenters. The molecule has 0 spiro atoms. The van der Waals surface area contributed by atoms with Crippen LogP contribution in [0.4, 0.5) is 0 Å². The largest absolute Gasteiger partial charge is 0.317 e. The summed E-state index contributed by atoms with van der Waals surface area (Å²) in [6.07, 6.45) is 5.44. The van der Waals surface area contributed by atoms with E-state index in [2.05, 4.69) is 38.2 Å². The van der Waals surface area contributed by atoms with Gasteiger partial charge in [0.25, 0.3) is 0 Å². The molecule has 1 aliphatic carbocycles. The molecule has 1 saturated carbocycles. The minimum absolute atomic E-state index is 0.730. The first-order chi connectivity index (χ1) is 6.69. The van der Waals surface area contributed by atoms with Crippen molar-refractivity contribution in [3.05, 3.63) is 0 Å². The second-order valence-corrected chi connectivity index (χ2v) is 4.78. The fourth-order valence-electron chi connectivity index (χ4n) is 2.50. The lowest BCUT2D eigenvalue weighted by molar-refractivity contribution is 0.201. The maximum atomic E-state index is 3.45. The third kappa shape index (κ3) is 2.96. The van der Waals surface area contributed by atoms with E-state index in [4.69, 9.17) is 0 Å². The molecule has 1 rings (SSSR count). The van der Waals surface area contributed by atoms with Crippen molar-refractivity contribution in [3.63, 3.8) is 0 Å². The van der Waals surface area contributed by atoms with Crippen molar-refractivity contribution in [2.75, 3.05) is 20.6 Å². The van der Waals surface area contributed by atoms with E-state index in [9.17, 15) is 0 Å². The van der Waals surface area contributed by atoms with Gasteiger partial charge in [-0.2, -0.15) is 0 Å². The van der Waals surface area contributed by atoms with Crippen LogP contribution < -0.4 is 5.32 Å². The van der Waals surface area contributed by atoms with E-state index in [0.717, 1.165) is 18.0 Å². The van der Waals surface area contributed by atoms with Gasteiger partial charge in [0.2, 0.25) is 0 Å². The Morgan fingerprint density at radius 2 is 2.14 bits per heavy atom. The van der Waals surface area contributed by atoms with Gasteiger partial charge in [-0.15, -0.1) is 0 Å². The van der Waals surface area contributed by atoms with Crippen molar-refractivity contribution in [1.82, 2.24) is 10.2 Å². The van der Waals surface area contributed by atoms with Crippen LogP contribution in [0.5, 0.6) is 0 Å². The third-order valence-corrected chi connectivity index (χ3v) is 3.90. The average Bonchev–Trinajstić information content (AvgIpc) is 2.63. The zero-order valence-corrected chi connectivity index (χ0v) is 10.2. The predicted octanol–water partition coefficient (Wildman–Crippen LogP) is 2.10. The molecule has 0 heterocycles. The molecule has 0 aromatic carbocycles. The minimum atomic E-state index is 0.730. The maximum Gasteiger partial charge on any atom is 0.0104 e. The zero-order valence-electron chi connectivity index (χ0n) is 10.2. The van der Waals surface area contributed by atoms with E-state index in [-0.39, 0.29) is 0 Å². The number of nitrogens with zero attached hydrogens (tertiary/aromatic N) is 1. The highest BCUT2D eigenvalue weighted by atomic mass is 15.1. The van der Waals surface area contributed by atoms with Crippen LogP contribution in [0, 0.1) is 5.92 Å². The summed E-state index contributed by atoms with van der Waals surface area (Å²) in [6, 6.07) is 1.50. The first kappa shape index (κ1) is 12.0. The molecule has 0 amide bonds. The Morgan fingerprint density at radius 3 is 2.71 bits per heavy atom. The van der Waals surface area contributed by atoms with Crippen molar-refractivity contribution >= 4 is 0 Å². The lowest BCUT2D eigenvalue weighted by Crippen LogP contribution is -2.39. The molecule has 3 atom stereocenters. The second-order valence-electron chi connectivity index (χ2n) is 4.78. The molecule has 0 radical (unpaired) electrons. The molecule has 2 nitrogen and oxygen atoms in total.